The fourth-order valence-corrected chi connectivity index (χ4v) is 3.20. The Morgan fingerprint density at radius 2 is 2.04 bits per heavy atom. The van der Waals surface area contributed by atoms with Gasteiger partial charge in [-0.05, 0) is 50.9 Å². The molecule has 7 nitrogen and oxygen atoms in total. The predicted octanol–water partition coefficient (Wildman–Crippen LogP) is 3.05. The van der Waals surface area contributed by atoms with Gasteiger partial charge in [0.1, 0.15) is 11.4 Å². The van der Waals surface area contributed by atoms with Gasteiger partial charge in [0, 0.05) is 18.8 Å². The smallest absolute Gasteiger partial charge is 0.223 e. The zero-order valence-corrected chi connectivity index (χ0v) is 14.4. The van der Waals surface area contributed by atoms with Gasteiger partial charge in [0.15, 0.2) is 5.82 Å². The highest BCUT2D eigenvalue weighted by molar-refractivity contribution is 5.65. The minimum absolute atomic E-state index is 0.0494. The summed E-state index contributed by atoms with van der Waals surface area (Å²) in [6.07, 6.45) is 7.08. The molecule has 0 radical (unpaired) electrons. The van der Waals surface area contributed by atoms with Crippen molar-refractivity contribution >= 4 is 11.6 Å². The van der Waals surface area contributed by atoms with E-state index in [1.165, 1.54) is 0 Å². The molecular weight excluding hydrogens is 323 g/mol. The first-order valence-corrected chi connectivity index (χ1v) is 8.86. The van der Waals surface area contributed by atoms with Crippen LogP contribution in [-0.2, 0) is 0 Å². The fraction of sp³-hybridized carbons (Fsp3) is 0.647. The molecule has 0 spiro atoms. The number of nitrogens with zero attached hydrogens (tertiary/aromatic N) is 3. The van der Waals surface area contributed by atoms with Gasteiger partial charge in [-0.15, -0.1) is 0 Å². The summed E-state index contributed by atoms with van der Waals surface area (Å²) in [6, 6.07) is 0.164. The van der Waals surface area contributed by atoms with E-state index in [0.29, 0.717) is 11.9 Å². The Morgan fingerprint density at radius 3 is 2.64 bits per heavy atom. The van der Waals surface area contributed by atoms with Crippen LogP contribution in [0.2, 0.25) is 0 Å². The molecule has 2 aliphatic rings. The summed E-state index contributed by atoms with van der Waals surface area (Å²) in [5, 5.41) is 19.4. The molecule has 2 aliphatic carbocycles. The molecule has 136 valence electrons. The van der Waals surface area contributed by atoms with E-state index in [2.05, 4.69) is 25.7 Å². The fourth-order valence-electron chi connectivity index (χ4n) is 3.20. The summed E-state index contributed by atoms with van der Waals surface area (Å²) in [4.78, 5) is 8.30. The minimum Gasteiger partial charge on any atom is -0.393 e. The zero-order chi connectivity index (χ0) is 17.8. The first kappa shape index (κ1) is 17.7. The van der Waals surface area contributed by atoms with Gasteiger partial charge >= 0.3 is 0 Å². The molecule has 4 N–H and O–H groups in total. The van der Waals surface area contributed by atoms with Crippen molar-refractivity contribution in [3.63, 3.8) is 0 Å². The van der Waals surface area contributed by atoms with Crippen LogP contribution in [0.1, 0.15) is 50.6 Å². The average Bonchev–Trinajstić information content (AvgIpc) is 3.43. The third kappa shape index (κ3) is 4.50. The predicted molar refractivity (Wildman–Crippen MR) is 92.3 cm³/mol. The summed E-state index contributed by atoms with van der Waals surface area (Å²) in [7, 11) is 1.76. The van der Waals surface area contributed by atoms with E-state index in [9.17, 15) is 9.50 Å². The molecule has 1 heterocycles. The molecule has 2 fully saturated rings. The number of aromatic nitrogens is 2. The lowest BCUT2D eigenvalue weighted by Crippen LogP contribution is -2.29. The van der Waals surface area contributed by atoms with Crippen LogP contribution in [0.15, 0.2) is 17.0 Å². The first-order valence-electron chi connectivity index (χ1n) is 8.86. The second-order valence-corrected chi connectivity index (χ2v) is 6.88. The van der Waals surface area contributed by atoms with E-state index < -0.39 is 5.82 Å². The van der Waals surface area contributed by atoms with Crippen molar-refractivity contribution in [3.05, 3.63) is 23.4 Å². The van der Waals surface area contributed by atoms with Gasteiger partial charge in [-0.2, -0.15) is 5.11 Å². The highest BCUT2D eigenvalue weighted by Gasteiger charge is 2.26. The minimum atomic E-state index is -0.584. The first-order chi connectivity index (χ1) is 12.1. The van der Waals surface area contributed by atoms with Crippen LogP contribution in [0, 0.1) is 17.3 Å². The van der Waals surface area contributed by atoms with Gasteiger partial charge in [0.05, 0.1) is 12.3 Å². The summed E-state index contributed by atoms with van der Waals surface area (Å²) < 4.78 is 14.3. The topological polar surface area (TPSA) is 106 Å². The van der Waals surface area contributed by atoms with Crippen LogP contribution in [0.5, 0.6) is 0 Å². The van der Waals surface area contributed by atoms with Gasteiger partial charge in [-0.3, -0.25) is 0 Å². The van der Waals surface area contributed by atoms with Crippen LogP contribution >= 0.6 is 0 Å². The monoisotopic (exact) mass is 348 g/mol. The molecule has 0 saturated heterocycles. The number of nitrogens with one attached hydrogen (secondary N) is 3. The number of anilines is 1. The summed E-state index contributed by atoms with van der Waals surface area (Å²) in [5.41, 5.74) is 8.51. The Balaban J connectivity index is 1.82. The van der Waals surface area contributed by atoms with Crippen LogP contribution in [0.25, 0.3) is 5.70 Å². The zero-order valence-electron chi connectivity index (χ0n) is 14.4. The molecule has 1 aromatic heterocycles. The molecule has 2 saturated carbocycles. The molecule has 0 aliphatic heterocycles. The van der Waals surface area contributed by atoms with Gasteiger partial charge in [0.25, 0.3) is 0 Å². The molecule has 25 heavy (non-hydrogen) atoms. The quantitative estimate of drug-likeness (QED) is 0.567. The lowest BCUT2D eigenvalue weighted by molar-refractivity contribution is 0.126. The van der Waals surface area contributed by atoms with Crippen molar-refractivity contribution in [1.29, 1.82) is 5.53 Å². The molecular formula is C17H25FN6O. The number of hydrogen-bond donors (Lipinski definition) is 4. The molecule has 3 rings (SSSR count). The van der Waals surface area contributed by atoms with Crippen molar-refractivity contribution in [3.8, 4) is 0 Å². The van der Waals surface area contributed by atoms with Crippen LogP contribution in [0.4, 0.5) is 10.3 Å². The number of rotatable bonds is 7. The highest BCUT2D eigenvalue weighted by atomic mass is 19.1. The van der Waals surface area contributed by atoms with Crippen molar-refractivity contribution in [1.82, 2.24) is 15.3 Å². The summed E-state index contributed by atoms with van der Waals surface area (Å²) >= 11 is 0. The molecule has 0 atom stereocenters. The van der Waals surface area contributed by atoms with Crippen molar-refractivity contribution in [2.24, 2.45) is 11.0 Å². The Hall–Kier alpha value is -2.09. The lowest BCUT2D eigenvalue weighted by atomic mass is 9.93. The molecule has 0 aromatic carbocycles. The average molecular weight is 348 g/mol. The molecule has 1 aromatic rings. The molecule has 8 heteroatoms. The van der Waals surface area contributed by atoms with E-state index in [1.54, 1.807) is 7.05 Å². The van der Waals surface area contributed by atoms with E-state index in [4.69, 9.17) is 5.53 Å². The van der Waals surface area contributed by atoms with Gasteiger partial charge in [-0.25, -0.2) is 19.9 Å². The molecule has 0 amide bonds. The Bertz CT molecular complexity index is 653. The number of aliphatic hydroxyl groups excluding tert-OH is 1. The second kappa shape index (κ2) is 7.86. The van der Waals surface area contributed by atoms with Gasteiger partial charge < -0.3 is 15.7 Å². The lowest BCUT2D eigenvalue weighted by Gasteiger charge is -2.26. The molecule has 0 unspecified atom stereocenters. The van der Waals surface area contributed by atoms with Gasteiger partial charge in [0.2, 0.25) is 5.95 Å². The summed E-state index contributed by atoms with van der Waals surface area (Å²) in [6.45, 7) is 0. The number of hydrogen-bond acceptors (Lipinski definition) is 7. The maximum absolute atomic E-state index is 14.3. The third-order valence-electron chi connectivity index (χ3n) is 4.89. The van der Waals surface area contributed by atoms with E-state index in [0.717, 1.165) is 56.8 Å². The third-order valence-corrected chi connectivity index (χ3v) is 4.89. The van der Waals surface area contributed by atoms with Gasteiger partial charge in [-0.1, -0.05) is 0 Å². The highest BCUT2D eigenvalue weighted by Crippen LogP contribution is 2.36. The normalized spacial score (nSPS) is 24.4. The van der Waals surface area contributed by atoms with Crippen molar-refractivity contribution < 1.29 is 9.50 Å². The number of aliphatic hydroxyl groups is 1. The van der Waals surface area contributed by atoms with Crippen molar-refractivity contribution in [2.75, 3.05) is 12.4 Å². The molecule has 0 bridgehead atoms. The van der Waals surface area contributed by atoms with E-state index in [1.807, 2.05) is 0 Å². The van der Waals surface area contributed by atoms with Crippen LogP contribution in [-0.4, -0.2) is 34.3 Å². The summed E-state index contributed by atoms with van der Waals surface area (Å²) in [5.74, 6) is 0.329. The van der Waals surface area contributed by atoms with E-state index >= 15 is 0 Å². The van der Waals surface area contributed by atoms with Crippen LogP contribution in [0.3, 0.4) is 0 Å². The SMILES string of the molecule is CN/C(CC1CC1)=C(\N=N)c1nc(N[C@H]2CC[C@H](O)CC2)ncc1F. The van der Waals surface area contributed by atoms with Crippen molar-refractivity contribution in [2.45, 2.75) is 57.1 Å². The van der Waals surface area contributed by atoms with Crippen LogP contribution < -0.4 is 10.6 Å². The van der Waals surface area contributed by atoms with E-state index in [-0.39, 0.29) is 23.5 Å². The standard InChI is InChI=1S/C17H25FN6O/c1-20-14(8-10-2-3-10)16(24-19)15-13(18)9-21-17(23-15)22-11-4-6-12(25)7-5-11/h9-12,19-20,25H,2-8H2,1H3,(H,21,22,23)/b16-14-,24-19?/t11-,12-. The Kier molecular flexibility index (Phi) is 5.57. The number of allylic oxidation sites excluding steroid dienone is 1. The maximum Gasteiger partial charge on any atom is 0.223 e. The maximum atomic E-state index is 14.3. The Labute approximate surface area is 146 Å². The number of halogens is 1. The second-order valence-electron chi connectivity index (χ2n) is 6.88. The largest absolute Gasteiger partial charge is 0.393 e. The Morgan fingerprint density at radius 1 is 1.32 bits per heavy atom.